The van der Waals surface area contributed by atoms with Crippen LogP contribution in [0.2, 0.25) is 0 Å². The van der Waals surface area contributed by atoms with Crippen LogP contribution < -0.4 is 0 Å². The van der Waals surface area contributed by atoms with E-state index in [1.54, 1.807) is 6.07 Å². The van der Waals surface area contributed by atoms with Crippen LogP contribution >= 0.6 is 11.3 Å². The number of esters is 1. The predicted molar refractivity (Wildman–Crippen MR) is 110 cm³/mol. The van der Waals surface area contributed by atoms with E-state index in [0.29, 0.717) is 25.1 Å². The van der Waals surface area contributed by atoms with Gasteiger partial charge in [-0.3, -0.25) is 9.69 Å². The average Bonchev–Trinajstić information content (AvgIpc) is 3.13. The molecule has 0 saturated heterocycles. The fourth-order valence-corrected chi connectivity index (χ4v) is 3.97. The smallest absolute Gasteiger partial charge is 0.416 e. The first-order valence-corrected chi connectivity index (χ1v) is 10.2. The molecule has 0 saturated carbocycles. The molecule has 29 heavy (non-hydrogen) atoms. The van der Waals surface area contributed by atoms with Crippen LogP contribution in [0.15, 0.2) is 36.4 Å². The SMILES string of the molecule is COC(=O)CCN(CCCN(C)C)Cc1ccc(-c2cccc(C(F)(F)F)c2)s1. The number of carbonyl (C=O) groups is 1. The zero-order valence-corrected chi connectivity index (χ0v) is 17.8. The van der Waals surface area contributed by atoms with Gasteiger partial charge in [-0.05, 0) is 63.4 Å². The molecule has 2 rings (SSSR count). The van der Waals surface area contributed by atoms with Crippen molar-refractivity contribution in [2.24, 2.45) is 0 Å². The molecule has 0 amide bonds. The number of carbonyl (C=O) groups excluding carboxylic acids is 1. The fourth-order valence-electron chi connectivity index (χ4n) is 2.92. The van der Waals surface area contributed by atoms with Gasteiger partial charge in [0.15, 0.2) is 0 Å². The van der Waals surface area contributed by atoms with E-state index in [1.165, 1.54) is 30.6 Å². The van der Waals surface area contributed by atoms with Gasteiger partial charge in [-0.25, -0.2) is 0 Å². The summed E-state index contributed by atoms with van der Waals surface area (Å²) in [6.07, 6.45) is -3.09. The Morgan fingerprint density at radius 3 is 2.52 bits per heavy atom. The number of rotatable bonds is 10. The summed E-state index contributed by atoms with van der Waals surface area (Å²) in [6, 6.07) is 9.18. The molecule has 1 aromatic carbocycles. The Morgan fingerprint density at radius 1 is 1.10 bits per heavy atom. The summed E-state index contributed by atoms with van der Waals surface area (Å²) in [4.78, 5) is 17.6. The topological polar surface area (TPSA) is 32.8 Å². The fraction of sp³-hybridized carbons (Fsp3) is 0.476. The van der Waals surface area contributed by atoms with Crippen LogP contribution in [0.5, 0.6) is 0 Å². The molecule has 0 N–H and O–H groups in total. The van der Waals surface area contributed by atoms with Gasteiger partial charge in [0.2, 0.25) is 0 Å². The minimum atomic E-state index is -4.35. The van der Waals surface area contributed by atoms with Crippen LogP contribution in [0.3, 0.4) is 0 Å². The van der Waals surface area contributed by atoms with Gasteiger partial charge >= 0.3 is 12.1 Å². The summed E-state index contributed by atoms with van der Waals surface area (Å²) < 4.78 is 43.6. The summed E-state index contributed by atoms with van der Waals surface area (Å²) in [5.74, 6) is -0.251. The Labute approximate surface area is 173 Å². The highest BCUT2D eigenvalue weighted by molar-refractivity contribution is 7.15. The monoisotopic (exact) mass is 428 g/mol. The van der Waals surface area contributed by atoms with Crippen molar-refractivity contribution in [1.82, 2.24) is 9.80 Å². The molecule has 0 spiro atoms. The molecular formula is C21H27F3N2O2S. The lowest BCUT2D eigenvalue weighted by atomic mass is 10.1. The van der Waals surface area contributed by atoms with E-state index in [2.05, 4.69) is 9.80 Å². The minimum absolute atomic E-state index is 0.251. The predicted octanol–water partition coefficient (Wildman–Crippen LogP) is 4.75. The summed E-state index contributed by atoms with van der Waals surface area (Å²) in [5.41, 5.74) is -0.0851. The Morgan fingerprint density at radius 2 is 1.86 bits per heavy atom. The summed E-state index contributed by atoms with van der Waals surface area (Å²) >= 11 is 1.48. The van der Waals surface area contributed by atoms with Crippen molar-refractivity contribution in [2.75, 3.05) is 40.8 Å². The minimum Gasteiger partial charge on any atom is -0.469 e. The quantitative estimate of drug-likeness (QED) is 0.511. The Hall–Kier alpha value is -1.90. The van der Waals surface area contributed by atoms with Crippen LogP contribution in [0.25, 0.3) is 10.4 Å². The van der Waals surface area contributed by atoms with E-state index in [1.807, 2.05) is 26.2 Å². The number of hydrogen-bond acceptors (Lipinski definition) is 5. The molecule has 1 heterocycles. The third-order valence-corrected chi connectivity index (χ3v) is 5.57. The van der Waals surface area contributed by atoms with E-state index in [0.717, 1.165) is 35.3 Å². The van der Waals surface area contributed by atoms with Crippen LogP contribution in [-0.4, -0.2) is 56.6 Å². The maximum atomic E-state index is 13.0. The second kappa shape index (κ2) is 10.8. The Balaban J connectivity index is 2.08. The highest BCUT2D eigenvalue weighted by Gasteiger charge is 2.30. The van der Waals surface area contributed by atoms with Crippen LogP contribution in [-0.2, 0) is 22.3 Å². The van der Waals surface area contributed by atoms with Gasteiger partial charge in [-0.15, -0.1) is 11.3 Å². The third kappa shape index (κ3) is 7.79. The zero-order valence-electron chi connectivity index (χ0n) is 17.0. The Kier molecular flexibility index (Phi) is 8.67. The number of nitrogens with zero attached hydrogens (tertiary/aromatic N) is 2. The standard InChI is InChI=1S/C21H27F3N2O2S/c1-25(2)11-5-12-26(13-10-20(27)28-3)15-18-8-9-19(29-18)16-6-4-7-17(14-16)21(22,23)24/h4,6-9,14H,5,10-13,15H2,1-3H3. The van der Waals surface area contributed by atoms with E-state index >= 15 is 0 Å². The van der Waals surface area contributed by atoms with Gasteiger partial charge in [0, 0.05) is 22.8 Å². The number of benzene rings is 1. The molecule has 0 unspecified atom stereocenters. The zero-order chi connectivity index (χ0) is 21.4. The molecule has 0 fully saturated rings. The van der Waals surface area contributed by atoms with Gasteiger partial charge in [-0.2, -0.15) is 13.2 Å². The summed E-state index contributed by atoms with van der Waals surface area (Å²) in [6.45, 7) is 2.99. The molecule has 0 aliphatic heterocycles. The van der Waals surface area contributed by atoms with E-state index < -0.39 is 11.7 Å². The molecular weight excluding hydrogens is 401 g/mol. The molecule has 0 aliphatic carbocycles. The molecule has 1 aromatic heterocycles. The lowest BCUT2D eigenvalue weighted by Gasteiger charge is -2.22. The van der Waals surface area contributed by atoms with Crippen LogP contribution in [0, 0.1) is 0 Å². The molecule has 0 radical (unpaired) electrons. The number of alkyl halides is 3. The van der Waals surface area contributed by atoms with Crippen molar-refractivity contribution in [3.05, 3.63) is 46.8 Å². The number of methoxy groups -OCH3 is 1. The third-order valence-electron chi connectivity index (χ3n) is 4.46. The van der Waals surface area contributed by atoms with Gasteiger partial charge in [0.05, 0.1) is 19.1 Å². The van der Waals surface area contributed by atoms with E-state index in [4.69, 9.17) is 4.74 Å². The van der Waals surface area contributed by atoms with Gasteiger partial charge < -0.3 is 9.64 Å². The molecule has 160 valence electrons. The normalized spacial score (nSPS) is 12.0. The van der Waals surface area contributed by atoms with Crippen LogP contribution in [0.4, 0.5) is 13.2 Å². The first kappa shape index (κ1) is 23.4. The van der Waals surface area contributed by atoms with Crippen molar-refractivity contribution < 1.29 is 22.7 Å². The van der Waals surface area contributed by atoms with Crippen molar-refractivity contribution in [2.45, 2.75) is 25.6 Å². The van der Waals surface area contributed by atoms with Crippen LogP contribution in [0.1, 0.15) is 23.3 Å². The maximum Gasteiger partial charge on any atom is 0.416 e. The molecule has 0 aliphatic rings. The van der Waals surface area contributed by atoms with Crippen molar-refractivity contribution in [3.63, 3.8) is 0 Å². The van der Waals surface area contributed by atoms with Crippen molar-refractivity contribution >= 4 is 17.3 Å². The van der Waals surface area contributed by atoms with Crippen molar-refractivity contribution in [1.29, 1.82) is 0 Å². The molecule has 2 aromatic rings. The highest BCUT2D eigenvalue weighted by Crippen LogP contribution is 2.34. The number of ether oxygens (including phenoxy) is 1. The average molecular weight is 429 g/mol. The number of thiophene rings is 1. The van der Waals surface area contributed by atoms with Crippen molar-refractivity contribution in [3.8, 4) is 10.4 Å². The molecule has 0 bridgehead atoms. The summed E-state index contributed by atoms with van der Waals surface area (Å²) in [5, 5.41) is 0. The molecule has 0 atom stereocenters. The van der Waals surface area contributed by atoms with E-state index in [-0.39, 0.29) is 5.97 Å². The highest BCUT2D eigenvalue weighted by atomic mass is 32.1. The lowest BCUT2D eigenvalue weighted by Crippen LogP contribution is -2.29. The van der Waals surface area contributed by atoms with Gasteiger partial charge in [-0.1, -0.05) is 12.1 Å². The molecule has 8 heteroatoms. The summed E-state index contributed by atoms with van der Waals surface area (Å²) in [7, 11) is 5.40. The second-order valence-electron chi connectivity index (χ2n) is 7.10. The van der Waals surface area contributed by atoms with Gasteiger partial charge in [0.25, 0.3) is 0 Å². The number of halogens is 3. The maximum absolute atomic E-state index is 13.0. The number of hydrogen-bond donors (Lipinski definition) is 0. The Bertz CT molecular complexity index is 790. The second-order valence-corrected chi connectivity index (χ2v) is 8.27. The van der Waals surface area contributed by atoms with E-state index in [9.17, 15) is 18.0 Å². The molecule has 4 nitrogen and oxygen atoms in total. The largest absolute Gasteiger partial charge is 0.469 e. The van der Waals surface area contributed by atoms with Gasteiger partial charge in [0.1, 0.15) is 0 Å². The lowest BCUT2D eigenvalue weighted by molar-refractivity contribution is -0.141. The first-order valence-electron chi connectivity index (χ1n) is 9.39. The first-order chi connectivity index (χ1) is 13.7.